The van der Waals surface area contributed by atoms with Gasteiger partial charge in [-0.15, -0.1) is 0 Å². The number of aliphatic hydroxyl groups excluding tert-OH is 1. The molecule has 12 atom stereocenters. The Morgan fingerprint density at radius 2 is 1.72 bits per heavy atom. The number of ketones is 1. The summed E-state index contributed by atoms with van der Waals surface area (Å²) in [5.74, 6) is -2.29. The van der Waals surface area contributed by atoms with Crippen LogP contribution in [0.4, 0.5) is 0 Å². The first-order chi connectivity index (χ1) is 16.5. The molecule has 7 nitrogen and oxygen atoms in total. The molecular weight excluding hydrogens is 460 g/mol. The molecule has 5 fully saturated rings. The van der Waals surface area contributed by atoms with Gasteiger partial charge in [-0.3, -0.25) is 4.79 Å². The Labute approximate surface area is 213 Å². The van der Waals surface area contributed by atoms with E-state index in [4.69, 9.17) is 9.47 Å². The maximum Gasteiger partial charge on any atom is 0.195 e. The van der Waals surface area contributed by atoms with Crippen LogP contribution in [-0.2, 0) is 14.3 Å². The number of ether oxygens (including phenoxy) is 2. The van der Waals surface area contributed by atoms with Crippen molar-refractivity contribution in [2.75, 3.05) is 0 Å². The minimum absolute atomic E-state index is 0.0128. The van der Waals surface area contributed by atoms with E-state index in [-0.39, 0.29) is 23.5 Å². The Kier molecular flexibility index (Phi) is 4.84. The fourth-order valence-electron chi connectivity index (χ4n) is 9.71. The van der Waals surface area contributed by atoms with E-state index in [1.807, 2.05) is 40.7 Å². The number of carbonyl (C=O) groups is 1. The van der Waals surface area contributed by atoms with Gasteiger partial charge in [-0.25, -0.2) is 0 Å². The summed E-state index contributed by atoms with van der Waals surface area (Å²) in [6.45, 7) is 11.3. The second kappa shape index (κ2) is 6.91. The highest BCUT2D eigenvalue weighted by Gasteiger charge is 2.79. The molecule has 0 unspecified atom stereocenters. The number of rotatable bonds is 2. The fraction of sp³-hybridized carbons (Fsp3) is 0.828. The first-order valence-corrected chi connectivity index (χ1v) is 13.7. The number of carbonyl (C=O) groups excluding carboxylic acids is 1. The van der Waals surface area contributed by atoms with Gasteiger partial charge in [-0.1, -0.05) is 26.0 Å². The standard InChI is InChI=1S/C29H42O7/c1-16(21-15-24(3)26(5,36-24)27(6,32)35-21)28(33)12-13-29(34)19-14-20(30)18-8-7-9-22(31)25(18,4)17(19)10-11-23(28,29)2/h7-9,16-17,19-21,30,32-34H,10-15H2,1-6H3/t16-,17+,19-,20-,21-,23-,24+,25-,26+,27-,28-,29+/m1/s1. The lowest BCUT2D eigenvalue weighted by Gasteiger charge is -2.63. The van der Waals surface area contributed by atoms with Crippen molar-refractivity contribution in [1.82, 2.24) is 0 Å². The van der Waals surface area contributed by atoms with Gasteiger partial charge in [-0.2, -0.15) is 0 Å². The summed E-state index contributed by atoms with van der Waals surface area (Å²) in [6, 6.07) is 0. The van der Waals surface area contributed by atoms with Gasteiger partial charge in [0.05, 0.1) is 28.8 Å². The average molecular weight is 503 g/mol. The molecule has 7 heteroatoms. The molecule has 0 bridgehead atoms. The van der Waals surface area contributed by atoms with E-state index in [1.54, 1.807) is 19.1 Å². The highest BCUT2D eigenvalue weighted by Crippen LogP contribution is 2.71. The zero-order valence-corrected chi connectivity index (χ0v) is 22.4. The van der Waals surface area contributed by atoms with Gasteiger partial charge < -0.3 is 29.9 Å². The predicted molar refractivity (Wildman–Crippen MR) is 132 cm³/mol. The second-order valence-corrected chi connectivity index (χ2v) is 13.7. The summed E-state index contributed by atoms with van der Waals surface area (Å²) in [7, 11) is 0. The van der Waals surface area contributed by atoms with Crippen molar-refractivity contribution < 1.29 is 34.7 Å². The van der Waals surface area contributed by atoms with Gasteiger partial charge in [0.2, 0.25) is 0 Å². The summed E-state index contributed by atoms with van der Waals surface area (Å²) in [5, 5.41) is 47.2. The van der Waals surface area contributed by atoms with Gasteiger partial charge in [-0.05, 0) is 83.3 Å². The van der Waals surface area contributed by atoms with Gasteiger partial charge in [0.15, 0.2) is 11.6 Å². The summed E-state index contributed by atoms with van der Waals surface area (Å²) >= 11 is 0. The van der Waals surface area contributed by atoms with Crippen LogP contribution in [0.15, 0.2) is 23.8 Å². The molecule has 6 aliphatic rings. The van der Waals surface area contributed by atoms with Crippen LogP contribution >= 0.6 is 0 Å². The van der Waals surface area contributed by atoms with E-state index in [2.05, 4.69) is 0 Å². The molecule has 200 valence electrons. The molecule has 0 aromatic heterocycles. The third-order valence-corrected chi connectivity index (χ3v) is 12.6. The summed E-state index contributed by atoms with van der Waals surface area (Å²) in [4.78, 5) is 13.2. The van der Waals surface area contributed by atoms with E-state index < -0.39 is 51.2 Å². The molecule has 0 spiro atoms. The molecule has 4 N–H and O–H groups in total. The number of allylic oxidation sites excluding steroid dienone is 3. The highest BCUT2D eigenvalue weighted by atomic mass is 16.7. The van der Waals surface area contributed by atoms with Gasteiger partial charge in [0.1, 0.15) is 11.2 Å². The van der Waals surface area contributed by atoms with Crippen LogP contribution in [0.2, 0.25) is 0 Å². The Hall–Kier alpha value is -1.09. The Bertz CT molecular complexity index is 1080. The van der Waals surface area contributed by atoms with Crippen molar-refractivity contribution in [3.63, 3.8) is 0 Å². The number of aliphatic hydroxyl groups is 4. The van der Waals surface area contributed by atoms with Gasteiger partial charge in [0, 0.05) is 17.8 Å². The third kappa shape index (κ3) is 2.58. The van der Waals surface area contributed by atoms with Gasteiger partial charge in [0.25, 0.3) is 0 Å². The van der Waals surface area contributed by atoms with Crippen LogP contribution in [0.3, 0.4) is 0 Å². The Morgan fingerprint density at radius 1 is 1.03 bits per heavy atom. The minimum atomic E-state index is -1.48. The van der Waals surface area contributed by atoms with Crippen molar-refractivity contribution in [3.05, 3.63) is 23.8 Å². The fourth-order valence-corrected chi connectivity index (χ4v) is 9.71. The third-order valence-electron chi connectivity index (χ3n) is 12.6. The Balaban J connectivity index is 1.35. The van der Waals surface area contributed by atoms with E-state index in [0.717, 1.165) is 5.57 Å². The summed E-state index contributed by atoms with van der Waals surface area (Å²) in [6.07, 6.45) is 6.89. The SMILES string of the molecule is C[C@H]([C@H]1C[C@]2(C)O[C@]2(C)[C@](C)(O)O1)[C@]1(O)CC[C@]2(O)[C@@H]3C[C@@H](O)C4=CC=CC(=O)[C@]4(C)[C@H]3CC[C@]12C. The molecule has 2 aliphatic heterocycles. The highest BCUT2D eigenvalue weighted by molar-refractivity contribution is 5.99. The minimum Gasteiger partial charge on any atom is -0.389 e. The smallest absolute Gasteiger partial charge is 0.195 e. The second-order valence-electron chi connectivity index (χ2n) is 13.7. The first-order valence-electron chi connectivity index (χ1n) is 13.7. The average Bonchev–Trinajstić information content (AvgIpc) is 3.31. The van der Waals surface area contributed by atoms with Crippen LogP contribution < -0.4 is 0 Å². The molecular formula is C29H42O7. The van der Waals surface area contributed by atoms with Crippen molar-refractivity contribution in [2.45, 2.75) is 120 Å². The molecule has 0 amide bonds. The Morgan fingerprint density at radius 3 is 2.39 bits per heavy atom. The summed E-state index contributed by atoms with van der Waals surface area (Å²) < 4.78 is 12.2. The molecule has 0 aromatic carbocycles. The number of epoxide rings is 1. The largest absolute Gasteiger partial charge is 0.389 e. The van der Waals surface area contributed by atoms with Gasteiger partial charge >= 0.3 is 0 Å². The summed E-state index contributed by atoms with van der Waals surface area (Å²) in [5.41, 5.74) is -4.73. The van der Waals surface area contributed by atoms with Crippen LogP contribution in [0.25, 0.3) is 0 Å². The van der Waals surface area contributed by atoms with Crippen LogP contribution in [0, 0.1) is 28.6 Å². The number of hydrogen-bond acceptors (Lipinski definition) is 7. The van der Waals surface area contributed by atoms with Crippen LogP contribution in [0.5, 0.6) is 0 Å². The number of fused-ring (bicyclic) bond motifs is 6. The lowest BCUT2D eigenvalue weighted by atomic mass is 9.44. The lowest BCUT2D eigenvalue weighted by Crippen LogP contribution is -2.68. The quantitative estimate of drug-likeness (QED) is 0.429. The van der Waals surface area contributed by atoms with E-state index in [0.29, 0.717) is 38.5 Å². The maximum absolute atomic E-state index is 13.2. The van der Waals surface area contributed by atoms with E-state index in [1.165, 1.54) is 0 Å². The molecule has 2 saturated heterocycles. The van der Waals surface area contributed by atoms with Crippen LogP contribution in [0.1, 0.15) is 80.1 Å². The normalized spacial score (nSPS) is 60.4. The predicted octanol–water partition coefficient (Wildman–Crippen LogP) is 2.79. The maximum atomic E-state index is 13.2. The first kappa shape index (κ1) is 25.2. The molecule has 3 saturated carbocycles. The molecule has 36 heavy (non-hydrogen) atoms. The molecule has 6 rings (SSSR count). The molecule has 0 aromatic rings. The lowest BCUT2D eigenvalue weighted by molar-refractivity contribution is -0.294. The van der Waals surface area contributed by atoms with Crippen molar-refractivity contribution in [1.29, 1.82) is 0 Å². The monoisotopic (exact) mass is 502 g/mol. The van der Waals surface area contributed by atoms with E-state index in [9.17, 15) is 25.2 Å². The zero-order chi connectivity index (χ0) is 26.3. The van der Waals surface area contributed by atoms with Crippen molar-refractivity contribution >= 4 is 5.78 Å². The number of hydrogen-bond donors (Lipinski definition) is 4. The molecule has 2 heterocycles. The topological polar surface area (TPSA) is 120 Å². The molecule has 4 aliphatic carbocycles. The van der Waals surface area contributed by atoms with E-state index >= 15 is 0 Å². The van der Waals surface area contributed by atoms with Crippen molar-refractivity contribution in [2.24, 2.45) is 28.6 Å². The van der Waals surface area contributed by atoms with Crippen molar-refractivity contribution in [3.8, 4) is 0 Å². The van der Waals surface area contributed by atoms with Crippen LogP contribution in [-0.4, -0.2) is 66.6 Å². The zero-order valence-electron chi connectivity index (χ0n) is 22.4. The molecule has 0 radical (unpaired) electrons.